The van der Waals surface area contributed by atoms with E-state index in [0.29, 0.717) is 11.3 Å². The fraction of sp³-hybridized carbons (Fsp3) is 0.238. The number of hydrogen-bond acceptors (Lipinski definition) is 5. The zero-order chi connectivity index (χ0) is 21.2. The predicted molar refractivity (Wildman–Crippen MR) is 109 cm³/mol. The van der Waals surface area contributed by atoms with Gasteiger partial charge in [0.25, 0.3) is 0 Å². The van der Waals surface area contributed by atoms with Gasteiger partial charge in [0.1, 0.15) is 11.3 Å². The molecule has 152 valence electrons. The average molecular weight is 414 g/mol. The van der Waals surface area contributed by atoms with Crippen molar-refractivity contribution < 1.29 is 22.4 Å². The summed E-state index contributed by atoms with van der Waals surface area (Å²) in [4.78, 5) is 23.7. The zero-order valence-electron chi connectivity index (χ0n) is 16.4. The Hall–Kier alpha value is -2.97. The molecule has 0 saturated carbocycles. The minimum Gasteiger partial charge on any atom is -0.459 e. The van der Waals surface area contributed by atoms with Crippen molar-refractivity contribution in [3.05, 3.63) is 65.9 Å². The second-order valence-electron chi connectivity index (χ2n) is 6.82. The topological polar surface area (TPSA) is 96.7 Å². The summed E-state index contributed by atoms with van der Waals surface area (Å²) in [6, 6.07) is 14.6. The molecule has 7 nitrogen and oxygen atoms in total. The van der Waals surface area contributed by atoms with Gasteiger partial charge in [-0.25, -0.2) is 8.42 Å². The molecule has 1 atom stereocenters. The number of nitrogens with one attached hydrogen (secondary N) is 1. The summed E-state index contributed by atoms with van der Waals surface area (Å²) in [5, 5.41) is 3.68. The SMILES string of the molecule is CC(=O)c1ccc(S(=O)(=O)N(C)CC(=O)N[C@H](C)c2cc3ccccc3o2)cc1. The zero-order valence-corrected chi connectivity index (χ0v) is 17.2. The number of fused-ring (bicyclic) bond motifs is 1. The van der Waals surface area contributed by atoms with Crippen LogP contribution in [0.1, 0.15) is 36.0 Å². The van der Waals surface area contributed by atoms with E-state index in [4.69, 9.17) is 4.42 Å². The van der Waals surface area contributed by atoms with Gasteiger partial charge in [0.05, 0.1) is 17.5 Å². The van der Waals surface area contributed by atoms with Gasteiger partial charge in [-0.05, 0) is 38.1 Å². The molecule has 0 saturated heterocycles. The van der Waals surface area contributed by atoms with Gasteiger partial charge >= 0.3 is 0 Å². The number of hydrogen-bond donors (Lipinski definition) is 1. The molecule has 0 radical (unpaired) electrons. The van der Waals surface area contributed by atoms with E-state index in [-0.39, 0.29) is 17.2 Å². The number of sulfonamides is 1. The summed E-state index contributed by atoms with van der Waals surface area (Å²) in [6.07, 6.45) is 0. The van der Waals surface area contributed by atoms with E-state index in [2.05, 4.69) is 5.32 Å². The number of likely N-dealkylation sites (N-methyl/N-ethyl adjacent to an activating group) is 1. The molecule has 29 heavy (non-hydrogen) atoms. The van der Waals surface area contributed by atoms with Gasteiger partial charge in [0.15, 0.2) is 5.78 Å². The summed E-state index contributed by atoms with van der Waals surface area (Å²) in [7, 11) is -2.53. The Balaban J connectivity index is 1.66. The van der Waals surface area contributed by atoms with Gasteiger partial charge < -0.3 is 9.73 Å². The van der Waals surface area contributed by atoms with Crippen molar-refractivity contribution in [2.75, 3.05) is 13.6 Å². The van der Waals surface area contributed by atoms with Crippen LogP contribution < -0.4 is 5.32 Å². The maximum Gasteiger partial charge on any atom is 0.243 e. The van der Waals surface area contributed by atoms with Crippen LogP contribution >= 0.6 is 0 Å². The van der Waals surface area contributed by atoms with E-state index in [9.17, 15) is 18.0 Å². The Morgan fingerprint density at radius 2 is 1.76 bits per heavy atom. The number of benzene rings is 2. The second-order valence-corrected chi connectivity index (χ2v) is 8.86. The van der Waals surface area contributed by atoms with Crippen LogP contribution in [-0.4, -0.2) is 38.0 Å². The third-order valence-corrected chi connectivity index (χ3v) is 6.40. The summed E-state index contributed by atoms with van der Waals surface area (Å²) in [5.41, 5.74) is 1.14. The highest BCUT2D eigenvalue weighted by molar-refractivity contribution is 7.89. The highest BCUT2D eigenvalue weighted by Crippen LogP contribution is 2.23. The first-order valence-electron chi connectivity index (χ1n) is 9.03. The van der Waals surface area contributed by atoms with Crippen molar-refractivity contribution in [2.45, 2.75) is 24.8 Å². The van der Waals surface area contributed by atoms with Crippen LogP contribution in [0.2, 0.25) is 0 Å². The molecule has 0 aliphatic heterocycles. The van der Waals surface area contributed by atoms with Crippen molar-refractivity contribution in [1.29, 1.82) is 0 Å². The van der Waals surface area contributed by atoms with Crippen LogP contribution in [0.15, 0.2) is 63.9 Å². The molecule has 0 unspecified atom stereocenters. The Morgan fingerprint density at radius 1 is 1.10 bits per heavy atom. The number of furan rings is 1. The first kappa shape index (κ1) is 20.8. The van der Waals surface area contributed by atoms with E-state index in [1.54, 1.807) is 6.92 Å². The van der Waals surface area contributed by atoms with Crippen molar-refractivity contribution in [1.82, 2.24) is 9.62 Å². The lowest BCUT2D eigenvalue weighted by Crippen LogP contribution is -2.39. The molecule has 0 aliphatic rings. The van der Waals surface area contributed by atoms with E-state index in [1.165, 1.54) is 38.2 Å². The highest BCUT2D eigenvalue weighted by atomic mass is 32.2. The lowest BCUT2D eigenvalue weighted by molar-refractivity contribution is -0.121. The lowest BCUT2D eigenvalue weighted by Gasteiger charge is -2.18. The van der Waals surface area contributed by atoms with Gasteiger partial charge in [-0.1, -0.05) is 30.3 Å². The Bertz CT molecular complexity index is 1120. The Kier molecular flexibility index (Phi) is 5.86. The number of ketones is 1. The average Bonchev–Trinajstić information content (AvgIpc) is 3.12. The van der Waals surface area contributed by atoms with Gasteiger partial charge in [-0.3, -0.25) is 9.59 Å². The monoisotopic (exact) mass is 414 g/mol. The molecular formula is C21H22N2O5S. The molecule has 3 aromatic rings. The van der Waals surface area contributed by atoms with E-state index in [0.717, 1.165) is 15.3 Å². The summed E-state index contributed by atoms with van der Waals surface area (Å²) in [5.74, 6) is -0.0180. The first-order valence-corrected chi connectivity index (χ1v) is 10.5. The normalized spacial score (nSPS) is 12.8. The van der Waals surface area contributed by atoms with Crippen molar-refractivity contribution >= 4 is 32.7 Å². The summed E-state index contributed by atoms with van der Waals surface area (Å²) in [6.45, 7) is 2.83. The van der Waals surface area contributed by atoms with Gasteiger partial charge in [0, 0.05) is 18.0 Å². The van der Waals surface area contributed by atoms with E-state index in [1.807, 2.05) is 30.3 Å². The largest absolute Gasteiger partial charge is 0.459 e. The molecule has 0 aliphatic carbocycles. The van der Waals surface area contributed by atoms with Gasteiger partial charge in [0.2, 0.25) is 15.9 Å². The minimum absolute atomic E-state index is 0.0168. The number of carbonyl (C=O) groups is 2. The molecular weight excluding hydrogens is 392 g/mol. The highest BCUT2D eigenvalue weighted by Gasteiger charge is 2.24. The van der Waals surface area contributed by atoms with Crippen molar-refractivity contribution in [3.63, 3.8) is 0 Å². The molecule has 0 fully saturated rings. The maximum atomic E-state index is 12.7. The molecule has 3 rings (SSSR count). The van der Waals surface area contributed by atoms with Crippen LogP contribution in [0.3, 0.4) is 0 Å². The number of nitrogens with zero attached hydrogens (tertiary/aromatic N) is 1. The van der Waals surface area contributed by atoms with Crippen molar-refractivity contribution in [3.8, 4) is 0 Å². The fourth-order valence-corrected chi connectivity index (χ4v) is 4.03. The predicted octanol–water partition coefficient (Wildman–Crippen LogP) is 3.13. The summed E-state index contributed by atoms with van der Waals surface area (Å²) >= 11 is 0. The Morgan fingerprint density at radius 3 is 2.38 bits per heavy atom. The molecule has 1 heterocycles. The van der Waals surface area contributed by atoms with Crippen LogP contribution in [0.4, 0.5) is 0 Å². The van der Waals surface area contributed by atoms with E-state index >= 15 is 0 Å². The molecule has 1 amide bonds. The molecule has 0 bridgehead atoms. The molecule has 0 spiro atoms. The molecule has 8 heteroatoms. The first-order chi connectivity index (χ1) is 13.7. The van der Waals surface area contributed by atoms with Crippen LogP contribution in [0.25, 0.3) is 11.0 Å². The number of carbonyl (C=O) groups excluding carboxylic acids is 2. The molecule has 2 aromatic carbocycles. The van der Waals surface area contributed by atoms with Gasteiger partial charge in [-0.2, -0.15) is 4.31 Å². The second kappa shape index (κ2) is 8.18. The lowest BCUT2D eigenvalue weighted by atomic mass is 10.2. The van der Waals surface area contributed by atoms with Gasteiger partial charge in [-0.15, -0.1) is 0 Å². The third-order valence-electron chi connectivity index (χ3n) is 4.58. The fourth-order valence-electron chi connectivity index (χ4n) is 2.90. The smallest absolute Gasteiger partial charge is 0.243 e. The maximum absolute atomic E-state index is 12.7. The third kappa shape index (κ3) is 4.55. The molecule has 1 N–H and O–H groups in total. The number of amides is 1. The van der Waals surface area contributed by atoms with Crippen LogP contribution in [-0.2, 0) is 14.8 Å². The van der Waals surface area contributed by atoms with Crippen LogP contribution in [0.5, 0.6) is 0 Å². The van der Waals surface area contributed by atoms with Crippen LogP contribution in [0, 0.1) is 0 Å². The van der Waals surface area contributed by atoms with E-state index < -0.39 is 22.0 Å². The number of Topliss-reactive ketones (excluding diaryl/α,β-unsaturated/α-hetero) is 1. The minimum atomic E-state index is -3.86. The quantitative estimate of drug-likeness (QED) is 0.599. The number of para-hydroxylation sites is 1. The summed E-state index contributed by atoms with van der Waals surface area (Å²) < 4.78 is 32.0. The van der Waals surface area contributed by atoms with Crippen molar-refractivity contribution in [2.24, 2.45) is 0 Å². The Labute approximate surface area is 169 Å². The standard InChI is InChI=1S/C21H22N2O5S/c1-14(20-12-17-6-4-5-7-19(17)28-20)22-21(25)13-23(3)29(26,27)18-10-8-16(9-11-18)15(2)24/h4-12,14H,13H2,1-3H3,(H,22,25)/t14-/m1/s1. The number of rotatable bonds is 7. The molecule has 1 aromatic heterocycles.